The zero-order valence-electron chi connectivity index (χ0n) is 18.1. The van der Waals surface area contributed by atoms with Crippen molar-refractivity contribution in [3.8, 4) is 5.75 Å². The summed E-state index contributed by atoms with van der Waals surface area (Å²) >= 11 is 6.25. The van der Waals surface area contributed by atoms with Crippen LogP contribution in [-0.4, -0.2) is 30.8 Å². The van der Waals surface area contributed by atoms with Crippen molar-refractivity contribution in [3.63, 3.8) is 0 Å². The van der Waals surface area contributed by atoms with Crippen LogP contribution in [0, 0.1) is 0 Å². The van der Waals surface area contributed by atoms with Gasteiger partial charge in [-0.1, -0.05) is 48.0 Å². The van der Waals surface area contributed by atoms with Gasteiger partial charge in [0.15, 0.2) is 5.82 Å². The predicted molar refractivity (Wildman–Crippen MR) is 127 cm³/mol. The molecule has 12 heteroatoms. The van der Waals surface area contributed by atoms with Gasteiger partial charge in [0.05, 0.1) is 22.0 Å². The van der Waals surface area contributed by atoms with Crippen LogP contribution in [0.25, 0.3) is 10.8 Å². The number of carbonyl (C=O) groups is 1. The van der Waals surface area contributed by atoms with Crippen LogP contribution in [0.5, 0.6) is 5.75 Å². The summed E-state index contributed by atoms with van der Waals surface area (Å²) in [6.07, 6.45) is -3.57. The fourth-order valence-corrected chi connectivity index (χ4v) is 5.12. The van der Waals surface area contributed by atoms with Gasteiger partial charge in [-0.15, -0.1) is 13.2 Å². The maximum Gasteiger partial charge on any atom is 0.573 e. The summed E-state index contributed by atoms with van der Waals surface area (Å²) in [5, 5.41) is 10.4. The molecule has 1 N–H and O–H groups in total. The Morgan fingerprint density at radius 2 is 1.58 bits per heavy atom. The van der Waals surface area contributed by atoms with Crippen LogP contribution >= 0.6 is 11.6 Å². The SMILES string of the molecule is O=C(O)c1ccc(S(=O)(=O)N(Cc2ccc(OC(F)(F)F)cc2)c2ncc(Cl)c3ccccc23)cc1. The van der Waals surface area contributed by atoms with E-state index in [0.717, 1.165) is 40.7 Å². The lowest BCUT2D eigenvalue weighted by Gasteiger charge is -2.25. The highest BCUT2D eigenvalue weighted by molar-refractivity contribution is 7.92. The molecular weight excluding hydrogens is 521 g/mol. The molecule has 0 bridgehead atoms. The van der Waals surface area contributed by atoms with Crippen molar-refractivity contribution >= 4 is 44.2 Å². The number of anilines is 1. The second-order valence-electron chi connectivity index (χ2n) is 7.51. The molecule has 1 aromatic heterocycles. The van der Waals surface area contributed by atoms with Crippen molar-refractivity contribution in [3.05, 3.63) is 95.1 Å². The van der Waals surface area contributed by atoms with E-state index in [1.165, 1.54) is 18.3 Å². The molecule has 0 unspecified atom stereocenters. The second kappa shape index (κ2) is 9.67. The Morgan fingerprint density at radius 3 is 2.17 bits per heavy atom. The summed E-state index contributed by atoms with van der Waals surface area (Å²) in [5.74, 6) is -1.64. The average Bonchev–Trinajstić information content (AvgIpc) is 2.83. The number of benzene rings is 3. The smallest absolute Gasteiger partial charge is 0.478 e. The summed E-state index contributed by atoms with van der Waals surface area (Å²) in [7, 11) is -4.31. The number of hydrogen-bond donors (Lipinski definition) is 1. The van der Waals surface area contributed by atoms with Gasteiger partial charge in [-0.3, -0.25) is 0 Å². The first-order valence-corrected chi connectivity index (χ1v) is 12.0. The van der Waals surface area contributed by atoms with Gasteiger partial charge in [-0.05, 0) is 42.0 Å². The van der Waals surface area contributed by atoms with Gasteiger partial charge in [0.2, 0.25) is 0 Å². The number of carboxylic acids is 1. The first kappa shape index (κ1) is 25.3. The molecule has 4 rings (SSSR count). The molecule has 186 valence electrons. The maximum atomic E-state index is 13.7. The van der Waals surface area contributed by atoms with E-state index >= 15 is 0 Å². The molecule has 36 heavy (non-hydrogen) atoms. The Hall–Kier alpha value is -3.83. The topological polar surface area (TPSA) is 96.8 Å². The molecule has 0 spiro atoms. The van der Waals surface area contributed by atoms with Gasteiger partial charge in [-0.2, -0.15) is 0 Å². The van der Waals surface area contributed by atoms with E-state index in [4.69, 9.17) is 16.7 Å². The minimum atomic E-state index is -4.87. The molecule has 0 aliphatic carbocycles. The Bertz CT molecular complexity index is 1530. The molecule has 0 radical (unpaired) electrons. The van der Waals surface area contributed by atoms with Crippen molar-refractivity contribution < 1.29 is 36.2 Å². The summed E-state index contributed by atoms with van der Waals surface area (Å²) in [6.45, 7) is -0.298. The molecule has 7 nitrogen and oxygen atoms in total. The fourth-order valence-electron chi connectivity index (χ4n) is 3.47. The Kier molecular flexibility index (Phi) is 6.79. The molecule has 0 fully saturated rings. The largest absolute Gasteiger partial charge is 0.573 e. The molecule has 0 saturated heterocycles. The summed E-state index contributed by atoms with van der Waals surface area (Å²) in [6, 6.07) is 16.1. The van der Waals surface area contributed by atoms with Crippen LogP contribution < -0.4 is 9.04 Å². The molecule has 4 aromatic rings. The van der Waals surface area contributed by atoms with E-state index in [-0.39, 0.29) is 22.8 Å². The Balaban J connectivity index is 1.81. The third-order valence-corrected chi connectivity index (χ3v) is 7.19. The number of rotatable bonds is 7. The number of carboxylic acid groups (broad SMARTS) is 1. The third-order valence-electron chi connectivity index (χ3n) is 5.13. The fraction of sp³-hybridized carbons (Fsp3) is 0.0833. The third kappa shape index (κ3) is 5.37. The predicted octanol–water partition coefficient (Wildman–Crippen LogP) is 5.88. The van der Waals surface area contributed by atoms with Gasteiger partial charge in [0, 0.05) is 17.0 Å². The van der Waals surface area contributed by atoms with Crippen molar-refractivity contribution in [2.75, 3.05) is 4.31 Å². The number of ether oxygens (including phenoxy) is 1. The average molecular weight is 537 g/mol. The van der Waals surface area contributed by atoms with Crippen molar-refractivity contribution in [1.82, 2.24) is 4.98 Å². The van der Waals surface area contributed by atoms with Gasteiger partial charge < -0.3 is 9.84 Å². The molecular formula is C24H16ClF3N2O5S. The van der Waals surface area contributed by atoms with Crippen molar-refractivity contribution in [1.29, 1.82) is 0 Å². The number of alkyl halides is 3. The van der Waals surface area contributed by atoms with Crippen molar-refractivity contribution in [2.24, 2.45) is 0 Å². The number of aromatic carboxylic acids is 1. The van der Waals surface area contributed by atoms with E-state index in [0.29, 0.717) is 21.4 Å². The zero-order chi connectivity index (χ0) is 26.1. The minimum absolute atomic E-state index is 0.0351. The van der Waals surface area contributed by atoms with E-state index in [2.05, 4.69) is 9.72 Å². The van der Waals surface area contributed by atoms with Crippen LogP contribution in [0.2, 0.25) is 5.02 Å². The molecule has 0 aliphatic heterocycles. The lowest BCUT2D eigenvalue weighted by Crippen LogP contribution is -2.31. The van der Waals surface area contributed by atoms with Crippen LogP contribution in [0.1, 0.15) is 15.9 Å². The van der Waals surface area contributed by atoms with Crippen LogP contribution in [0.4, 0.5) is 19.0 Å². The summed E-state index contributed by atoms with van der Waals surface area (Å²) in [4.78, 5) is 15.2. The highest BCUT2D eigenvalue weighted by Gasteiger charge is 2.31. The van der Waals surface area contributed by atoms with Gasteiger partial charge >= 0.3 is 12.3 Å². The minimum Gasteiger partial charge on any atom is -0.478 e. The lowest BCUT2D eigenvalue weighted by atomic mass is 10.1. The maximum absolute atomic E-state index is 13.7. The van der Waals surface area contributed by atoms with Crippen LogP contribution in [0.15, 0.2) is 83.9 Å². The Morgan fingerprint density at radius 1 is 0.972 bits per heavy atom. The molecule has 0 atom stereocenters. The zero-order valence-corrected chi connectivity index (χ0v) is 19.7. The molecule has 1 heterocycles. The van der Waals surface area contributed by atoms with Gasteiger partial charge in [0.25, 0.3) is 10.0 Å². The van der Waals surface area contributed by atoms with E-state index in [9.17, 15) is 26.4 Å². The molecule has 0 amide bonds. The van der Waals surface area contributed by atoms with E-state index < -0.39 is 28.1 Å². The van der Waals surface area contributed by atoms with Gasteiger partial charge in [0.1, 0.15) is 5.75 Å². The summed E-state index contributed by atoms with van der Waals surface area (Å²) < 4.78 is 69.9. The number of hydrogen-bond acceptors (Lipinski definition) is 5. The number of pyridine rings is 1. The van der Waals surface area contributed by atoms with Crippen molar-refractivity contribution in [2.45, 2.75) is 17.8 Å². The molecule has 0 saturated carbocycles. The van der Waals surface area contributed by atoms with Crippen LogP contribution in [0.3, 0.4) is 0 Å². The summed E-state index contributed by atoms with van der Waals surface area (Å²) in [5.41, 5.74) is 0.243. The number of fused-ring (bicyclic) bond motifs is 1. The van der Waals surface area contributed by atoms with E-state index in [1.807, 2.05) is 0 Å². The Labute approximate surface area is 208 Å². The molecule has 3 aromatic carbocycles. The first-order chi connectivity index (χ1) is 17.0. The van der Waals surface area contributed by atoms with Crippen LogP contribution in [-0.2, 0) is 16.6 Å². The normalized spacial score (nSPS) is 11.9. The number of nitrogens with zero attached hydrogens (tertiary/aromatic N) is 2. The quantitative estimate of drug-likeness (QED) is 0.317. The number of halogens is 4. The van der Waals surface area contributed by atoms with E-state index in [1.54, 1.807) is 24.3 Å². The number of aromatic nitrogens is 1. The monoisotopic (exact) mass is 536 g/mol. The second-order valence-corrected chi connectivity index (χ2v) is 9.78. The molecule has 0 aliphatic rings. The first-order valence-electron chi connectivity index (χ1n) is 10.2. The van der Waals surface area contributed by atoms with Gasteiger partial charge in [-0.25, -0.2) is 22.5 Å². The lowest BCUT2D eigenvalue weighted by molar-refractivity contribution is -0.274. The number of sulfonamides is 1. The standard InChI is InChI=1S/C24H16ClF3N2O5S/c25-21-13-29-22(20-4-2-1-3-19(20)21)30(14-15-5-9-17(10-6-15)35-24(26,27)28)36(33,34)18-11-7-16(8-12-18)23(31)32/h1-13H,14H2,(H,31,32). The highest BCUT2D eigenvalue weighted by atomic mass is 35.5. The highest BCUT2D eigenvalue weighted by Crippen LogP contribution is 2.34.